The van der Waals surface area contributed by atoms with Gasteiger partial charge < -0.3 is 60.8 Å². The lowest BCUT2D eigenvalue weighted by atomic mass is 9.56. The fourth-order valence-electron chi connectivity index (χ4n) is 18.3. The smallest absolute Gasteiger partial charge is 0.188 e. The van der Waals surface area contributed by atoms with Crippen LogP contribution in [0.4, 0.5) is 0 Å². The summed E-state index contributed by atoms with van der Waals surface area (Å²) in [5, 5.41) is 66.5. The van der Waals surface area contributed by atoms with Gasteiger partial charge in [0.2, 0.25) is 0 Å². The number of aliphatic hydroxyl groups is 3. The van der Waals surface area contributed by atoms with Crippen LogP contribution in [0.25, 0.3) is 11.1 Å². The van der Waals surface area contributed by atoms with E-state index in [-0.39, 0.29) is 76.3 Å². The Morgan fingerprint density at radius 3 is 2.48 bits per heavy atom. The summed E-state index contributed by atoms with van der Waals surface area (Å²) in [7, 11) is 3.77. The molecule has 3 spiro atoms. The van der Waals surface area contributed by atoms with Gasteiger partial charge in [-0.15, -0.1) is 0 Å². The molecule has 6 aliphatic heterocycles. The van der Waals surface area contributed by atoms with E-state index in [2.05, 4.69) is 68.8 Å². The molecule has 0 radical (unpaired) electrons. The third kappa shape index (κ3) is 10.1. The first kappa shape index (κ1) is 55.7. The maximum Gasteiger partial charge on any atom is 0.188 e. The van der Waals surface area contributed by atoms with Crippen molar-refractivity contribution in [3.63, 3.8) is 0 Å². The number of aliphatic hydroxyl groups excluding tert-OH is 3. The van der Waals surface area contributed by atoms with Crippen molar-refractivity contribution in [2.45, 2.75) is 166 Å². The molecule has 12 aliphatic rings. The SMILES string of the molecule is CC[C@H]1C[C@H]2C=C[C@@H]1C[C@H](O)C[C@]1(CCC[C@]13CCO[C@@]1(CC[C@H](CNC)C1)C3)CN=C(N)NC[C@@H]1C=C[C@@H]3CC[C@H](CO)[C@H]1[C@@H]3Oc1cc(ccc1O)[C@@H]1Oc3cc(OC)c4c(c3C[C@H]1O)[C@H]2Cc1cc(O)c(CC(C)C)cc1-4. The molecule has 9 N–H and O–H groups in total. The number of methoxy groups -OCH3 is 1. The minimum Gasteiger partial charge on any atom is -0.508 e. The van der Waals surface area contributed by atoms with Gasteiger partial charge in [-0.3, -0.25) is 4.99 Å². The van der Waals surface area contributed by atoms with E-state index in [4.69, 9.17) is 29.7 Å². The molecule has 12 bridgehead atoms. The van der Waals surface area contributed by atoms with E-state index in [9.17, 15) is 25.5 Å². The van der Waals surface area contributed by atoms with E-state index in [1.807, 2.05) is 24.3 Å². The molecule has 0 amide bonds. The number of phenols is 2. The number of phenolic OH excluding ortho intramolecular Hbond substituents is 2. The zero-order valence-electron chi connectivity index (χ0n) is 48.3. The van der Waals surface area contributed by atoms with Crippen LogP contribution >= 0.6 is 0 Å². The van der Waals surface area contributed by atoms with Crippen molar-refractivity contribution in [2.24, 2.45) is 74.8 Å². The summed E-state index contributed by atoms with van der Waals surface area (Å²) in [5.74, 6) is 3.90. The molecule has 4 fully saturated rings. The van der Waals surface area contributed by atoms with E-state index < -0.39 is 18.3 Å². The number of hydrogen-bond donors (Lipinski definition) is 8. The number of rotatable bonds is 7. The van der Waals surface area contributed by atoms with Gasteiger partial charge in [-0.1, -0.05) is 64.0 Å². The maximum absolute atomic E-state index is 12.8. The lowest BCUT2D eigenvalue weighted by molar-refractivity contribution is -0.158. The van der Waals surface area contributed by atoms with E-state index >= 15 is 0 Å². The van der Waals surface area contributed by atoms with Crippen molar-refractivity contribution in [3.05, 3.63) is 88.5 Å². The molecule has 13 heteroatoms. The van der Waals surface area contributed by atoms with Crippen LogP contribution in [0.1, 0.15) is 151 Å². The zero-order valence-corrected chi connectivity index (χ0v) is 48.3. The van der Waals surface area contributed by atoms with Gasteiger partial charge in [0.25, 0.3) is 0 Å². The molecule has 80 heavy (non-hydrogen) atoms. The van der Waals surface area contributed by atoms with Crippen LogP contribution < -0.4 is 30.6 Å². The quantitative estimate of drug-likeness (QED) is 0.104. The van der Waals surface area contributed by atoms with E-state index in [1.54, 1.807) is 13.2 Å². The van der Waals surface area contributed by atoms with Gasteiger partial charge in [-0.05, 0) is 208 Å². The van der Waals surface area contributed by atoms with Crippen LogP contribution in [-0.4, -0.2) is 102 Å². The van der Waals surface area contributed by atoms with Gasteiger partial charge in [0.1, 0.15) is 29.5 Å². The highest BCUT2D eigenvalue weighted by atomic mass is 16.5. The summed E-state index contributed by atoms with van der Waals surface area (Å²) in [4.78, 5) is 5.31. The Kier molecular flexibility index (Phi) is 15.6. The molecule has 0 aromatic heterocycles. The van der Waals surface area contributed by atoms with Gasteiger partial charge >= 0.3 is 0 Å². The third-order valence-corrected chi connectivity index (χ3v) is 22.1. The molecule has 1 saturated heterocycles. The van der Waals surface area contributed by atoms with Crippen molar-refractivity contribution in [2.75, 3.05) is 47.0 Å². The number of ether oxygens (including phenoxy) is 4. The molecule has 16 atom stereocenters. The fourth-order valence-corrected chi connectivity index (χ4v) is 18.3. The Bertz CT molecular complexity index is 2850. The molecule has 3 saturated carbocycles. The van der Waals surface area contributed by atoms with Crippen LogP contribution in [-0.2, 0) is 24.0 Å². The standard InChI is InChI=1S/C67H92N4O9/c1-6-40-23-43-11-10-42(40)24-49(73)32-66(18-7-17-65(66)20-21-78-67(36-65)19-16-39(31-67)33-69-4)37-71-64(68)70-34-45-12-8-41-9-13-46(35-72)59(45)63(41)80-57-28-44(14-15-53(57)74)62-55(76)29-52-56(79-62)30-58(77-5)61-51-26-48(22-38(2)3)54(75)27-47(51)25-50(43)60(52)61/h8,10-12,14-15,26-28,30,38-43,45-46,49-50,55,59,62-63,69,72-76H,6-7,9,13,16-25,29,31-37H2,1-5H3,(H3,68,70,71)/t39-,40-,41+,42+,43+,45-,46+,49-,50-,55+,59-,62-,63+,65+,66+,67+/m0/s1. The molecule has 434 valence electrons. The van der Waals surface area contributed by atoms with Crippen LogP contribution in [0, 0.1) is 64.1 Å². The molecule has 3 aromatic carbocycles. The summed E-state index contributed by atoms with van der Waals surface area (Å²) in [6, 6.07) is 11.5. The summed E-state index contributed by atoms with van der Waals surface area (Å²) >= 11 is 0. The number of nitrogens with zero attached hydrogens (tertiary/aromatic N) is 1. The fraction of sp³-hybridized carbons (Fsp3) is 0.657. The molecule has 6 heterocycles. The maximum atomic E-state index is 12.8. The van der Waals surface area contributed by atoms with Crippen molar-refractivity contribution < 1.29 is 44.5 Å². The van der Waals surface area contributed by atoms with Crippen LogP contribution in [0.5, 0.6) is 28.7 Å². The average molecular weight is 1100 g/mol. The zero-order chi connectivity index (χ0) is 55.7. The first-order valence-corrected chi connectivity index (χ1v) is 31.1. The number of allylic oxidation sites excluding steroid dienone is 2. The van der Waals surface area contributed by atoms with E-state index in [1.165, 1.54) is 0 Å². The van der Waals surface area contributed by atoms with Gasteiger partial charge in [-0.25, -0.2) is 0 Å². The number of hydrogen-bond acceptors (Lipinski definition) is 13. The lowest BCUT2D eigenvalue weighted by Crippen LogP contribution is -2.53. The number of nitrogens with one attached hydrogen (secondary N) is 2. The number of aliphatic imine (C=N–C) groups is 1. The van der Waals surface area contributed by atoms with Gasteiger partial charge in [0, 0.05) is 67.7 Å². The summed E-state index contributed by atoms with van der Waals surface area (Å²) in [5.41, 5.74) is 13.4. The van der Waals surface area contributed by atoms with E-state index in [0.29, 0.717) is 91.0 Å². The average Bonchev–Trinajstić information content (AvgIpc) is 4.16. The highest BCUT2D eigenvalue weighted by molar-refractivity contribution is 5.84. The van der Waals surface area contributed by atoms with Crippen molar-refractivity contribution >= 4 is 5.96 Å². The molecule has 6 aliphatic carbocycles. The Morgan fingerprint density at radius 2 is 1.68 bits per heavy atom. The molecule has 0 unspecified atom stereocenters. The van der Waals surface area contributed by atoms with Gasteiger partial charge in [-0.2, -0.15) is 0 Å². The largest absolute Gasteiger partial charge is 0.508 e. The topological polar surface area (TPSA) is 201 Å². The second-order valence-corrected chi connectivity index (χ2v) is 27.2. The number of guanidine groups is 1. The Hall–Kier alpha value is -4.79. The number of benzene rings is 3. The highest BCUT2D eigenvalue weighted by Gasteiger charge is 2.61. The highest BCUT2D eigenvalue weighted by Crippen LogP contribution is 2.66. The van der Waals surface area contributed by atoms with Crippen LogP contribution in [0.15, 0.2) is 65.7 Å². The number of aromatic hydroxyl groups is 2. The first-order chi connectivity index (χ1) is 38.7. The predicted molar refractivity (Wildman–Crippen MR) is 312 cm³/mol. The van der Waals surface area contributed by atoms with Gasteiger partial charge in [0.15, 0.2) is 17.5 Å². The second-order valence-electron chi connectivity index (χ2n) is 27.2. The Labute approximate surface area is 475 Å². The Morgan fingerprint density at radius 1 is 0.863 bits per heavy atom. The summed E-state index contributed by atoms with van der Waals surface area (Å²) < 4.78 is 27.3. The second kappa shape index (κ2) is 22.4. The molecule has 15 rings (SSSR count). The lowest BCUT2D eigenvalue weighted by Gasteiger charge is -2.54. The predicted octanol–water partition coefficient (Wildman–Crippen LogP) is 10.2. The first-order valence-electron chi connectivity index (χ1n) is 31.1. The third-order valence-electron chi connectivity index (χ3n) is 22.1. The number of fused-ring (bicyclic) bond motifs is 2. The minimum atomic E-state index is -0.925. The molecular formula is C67H92N4O9. The molecule has 3 aromatic rings. The van der Waals surface area contributed by atoms with Crippen molar-refractivity contribution in [1.29, 1.82) is 0 Å². The van der Waals surface area contributed by atoms with Crippen molar-refractivity contribution in [3.8, 4) is 39.9 Å². The van der Waals surface area contributed by atoms with Gasteiger partial charge in [0.05, 0.1) is 24.9 Å². The van der Waals surface area contributed by atoms with Crippen LogP contribution in [0.2, 0.25) is 0 Å². The Balaban J connectivity index is 0.960. The number of nitrogens with two attached hydrogens (primary N) is 1. The molecule has 13 nitrogen and oxygen atoms in total. The van der Waals surface area contributed by atoms with Crippen molar-refractivity contribution in [1.82, 2.24) is 10.6 Å². The van der Waals surface area contributed by atoms with E-state index in [0.717, 1.165) is 130 Å². The summed E-state index contributed by atoms with van der Waals surface area (Å²) in [6.07, 6.45) is 22.0. The van der Waals surface area contributed by atoms with Crippen LogP contribution in [0.3, 0.4) is 0 Å². The monoisotopic (exact) mass is 1100 g/mol. The summed E-state index contributed by atoms with van der Waals surface area (Å²) in [6.45, 7) is 9.44. The molecular weight excluding hydrogens is 1000 g/mol. The normalized spacial score (nSPS) is 37.4. The minimum absolute atomic E-state index is 0.00464.